The molecule has 0 atom stereocenters. The molecule has 1 fully saturated rings. The van der Waals surface area contributed by atoms with Gasteiger partial charge in [0.15, 0.2) is 5.17 Å². The number of amides is 2. The molecule has 0 unspecified atom stereocenters. The summed E-state index contributed by atoms with van der Waals surface area (Å²) < 4.78 is 5.44. The predicted molar refractivity (Wildman–Crippen MR) is 124 cm³/mol. The lowest BCUT2D eigenvalue weighted by molar-refractivity contribution is -0.121. The van der Waals surface area contributed by atoms with Crippen molar-refractivity contribution in [2.45, 2.75) is 26.2 Å². The highest BCUT2D eigenvalue weighted by molar-refractivity contribution is 8.13. The molecule has 2 aliphatic rings. The Morgan fingerprint density at radius 1 is 1.16 bits per heavy atom. The summed E-state index contributed by atoms with van der Waals surface area (Å²) in [7, 11) is 1.61. The van der Waals surface area contributed by atoms with Gasteiger partial charge in [-0.1, -0.05) is 36.0 Å². The first-order valence-corrected chi connectivity index (χ1v) is 11.2. The first kappa shape index (κ1) is 21.1. The Bertz CT molecular complexity index is 1050. The summed E-state index contributed by atoms with van der Waals surface area (Å²) in [5.41, 5.74) is 2.78. The second-order valence-electron chi connectivity index (χ2n) is 7.32. The Morgan fingerprint density at radius 2 is 1.97 bits per heavy atom. The van der Waals surface area contributed by atoms with Crippen LogP contribution in [0.15, 0.2) is 58.6 Å². The molecule has 2 aromatic rings. The van der Waals surface area contributed by atoms with Gasteiger partial charge in [0.1, 0.15) is 17.1 Å². The van der Waals surface area contributed by atoms with E-state index < -0.39 is 0 Å². The van der Waals surface area contributed by atoms with Crippen LogP contribution in [0.5, 0.6) is 5.75 Å². The summed E-state index contributed by atoms with van der Waals surface area (Å²) in [6, 6.07) is 15.0. The Morgan fingerprint density at radius 3 is 2.74 bits per heavy atom. The van der Waals surface area contributed by atoms with Crippen molar-refractivity contribution in [1.82, 2.24) is 4.90 Å². The maximum Gasteiger partial charge on any atom is 0.276 e. The van der Waals surface area contributed by atoms with Crippen LogP contribution in [0.1, 0.15) is 24.8 Å². The van der Waals surface area contributed by atoms with Crippen LogP contribution in [0.25, 0.3) is 0 Å². The minimum Gasteiger partial charge on any atom is -0.494 e. The lowest BCUT2D eigenvalue weighted by Gasteiger charge is -2.30. The van der Waals surface area contributed by atoms with E-state index >= 15 is 0 Å². The van der Waals surface area contributed by atoms with Gasteiger partial charge in [-0.2, -0.15) is 5.10 Å². The number of aryl methyl sites for hydroxylation is 1. The molecule has 0 N–H and O–H groups in total. The van der Waals surface area contributed by atoms with E-state index in [1.165, 1.54) is 5.01 Å². The molecule has 2 amide bonds. The highest BCUT2D eigenvalue weighted by atomic mass is 32.2. The van der Waals surface area contributed by atoms with Gasteiger partial charge in [0, 0.05) is 25.1 Å². The number of methoxy groups -OCH3 is 1. The number of hydrogen-bond donors (Lipinski definition) is 0. The largest absolute Gasteiger partial charge is 0.494 e. The molecule has 0 aliphatic carbocycles. The van der Waals surface area contributed by atoms with Gasteiger partial charge in [0.05, 0.1) is 12.8 Å². The molecular weight excluding hydrogens is 412 g/mol. The van der Waals surface area contributed by atoms with Gasteiger partial charge in [-0.15, -0.1) is 0 Å². The van der Waals surface area contributed by atoms with E-state index in [9.17, 15) is 9.59 Å². The molecule has 2 aromatic carbocycles. The molecule has 4 rings (SSSR count). The van der Waals surface area contributed by atoms with Gasteiger partial charge in [0.2, 0.25) is 5.91 Å². The fourth-order valence-corrected chi connectivity index (χ4v) is 4.41. The van der Waals surface area contributed by atoms with Crippen molar-refractivity contribution in [2.75, 3.05) is 24.4 Å². The molecule has 31 heavy (non-hydrogen) atoms. The third kappa shape index (κ3) is 4.64. The summed E-state index contributed by atoms with van der Waals surface area (Å²) in [6.07, 6.45) is 1.44. The number of carbonyl (C=O) groups is 2. The number of hydrogen-bond acceptors (Lipinski definition) is 6. The van der Waals surface area contributed by atoms with E-state index in [2.05, 4.69) is 5.10 Å². The molecule has 8 heteroatoms. The predicted octanol–water partition coefficient (Wildman–Crippen LogP) is 4.14. The topological polar surface area (TPSA) is 74.6 Å². The van der Waals surface area contributed by atoms with Crippen LogP contribution < -0.4 is 9.75 Å². The average molecular weight is 437 g/mol. The Labute approximate surface area is 185 Å². The number of ether oxygens (including phenoxy) is 1. The quantitative estimate of drug-likeness (QED) is 0.722. The van der Waals surface area contributed by atoms with Crippen molar-refractivity contribution in [3.8, 4) is 5.75 Å². The van der Waals surface area contributed by atoms with Crippen molar-refractivity contribution in [2.24, 2.45) is 10.1 Å². The second kappa shape index (κ2) is 9.34. The lowest BCUT2D eigenvalue weighted by Crippen LogP contribution is -2.45. The molecule has 160 valence electrons. The molecule has 7 nitrogen and oxygen atoms in total. The van der Waals surface area contributed by atoms with Crippen molar-refractivity contribution in [3.63, 3.8) is 0 Å². The maximum absolute atomic E-state index is 13.4. The molecular formula is C23H24N4O3S. The maximum atomic E-state index is 13.4. The normalized spacial score (nSPS) is 18.2. The fraction of sp³-hybridized carbons (Fsp3) is 0.304. The van der Waals surface area contributed by atoms with E-state index in [0.29, 0.717) is 41.0 Å². The molecule has 2 heterocycles. The van der Waals surface area contributed by atoms with Crippen molar-refractivity contribution in [3.05, 3.63) is 54.1 Å². The molecule has 0 saturated carbocycles. The third-order valence-electron chi connectivity index (χ3n) is 5.06. The number of rotatable bonds is 4. The van der Waals surface area contributed by atoms with E-state index in [4.69, 9.17) is 9.73 Å². The monoisotopic (exact) mass is 436 g/mol. The third-order valence-corrected chi connectivity index (χ3v) is 6.13. The van der Waals surface area contributed by atoms with Gasteiger partial charge in [-0.25, -0.2) is 10.0 Å². The van der Waals surface area contributed by atoms with Crippen LogP contribution in [0.2, 0.25) is 0 Å². The van der Waals surface area contributed by atoms with Gasteiger partial charge in [-0.05, 0) is 43.2 Å². The van der Waals surface area contributed by atoms with E-state index in [1.807, 2.05) is 55.5 Å². The number of nitrogens with zero attached hydrogens (tertiary/aromatic N) is 4. The number of aliphatic imine (C=N–C) groups is 1. The number of thioether (sulfide) groups is 1. The first-order valence-electron chi connectivity index (χ1n) is 10.2. The zero-order valence-electron chi connectivity index (χ0n) is 17.6. The molecule has 0 aromatic heterocycles. The standard InChI is InChI=1S/C23H24N4O3S/c1-16-9-11-20(30-2)19(15-16)24-23-26(13-6-14-31-23)22(29)18-10-12-21(28)27(25-18)17-7-4-3-5-8-17/h3-5,7-9,11,15H,6,10,12-14H2,1-2H3. The number of para-hydroxylation sites is 1. The van der Waals surface area contributed by atoms with E-state index in [1.54, 1.807) is 23.8 Å². The highest BCUT2D eigenvalue weighted by Crippen LogP contribution is 2.31. The average Bonchev–Trinajstić information content (AvgIpc) is 2.80. The van der Waals surface area contributed by atoms with Crippen molar-refractivity contribution >= 4 is 45.8 Å². The summed E-state index contributed by atoms with van der Waals surface area (Å²) in [4.78, 5) is 32.2. The van der Waals surface area contributed by atoms with Crippen molar-refractivity contribution < 1.29 is 14.3 Å². The summed E-state index contributed by atoms with van der Waals surface area (Å²) in [5.74, 6) is 1.23. The van der Waals surface area contributed by atoms with E-state index in [0.717, 1.165) is 17.7 Å². The molecule has 1 saturated heterocycles. The van der Waals surface area contributed by atoms with Crippen LogP contribution >= 0.6 is 11.8 Å². The zero-order chi connectivity index (χ0) is 21.8. The number of benzene rings is 2. The summed E-state index contributed by atoms with van der Waals surface area (Å²) in [6.45, 7) is 2.56. The van der Waals surface area contributed by atoms with E-state index in [-0.39, 0.29) is 18.2 Å². The smallest absolute Gasteiger partial charge is 0.276 e. The van der Waals surface area contributed by atoms with Gasteiger partial charge in [0.25, 0.3) is 5.91 Å². The van der Waals surface area contributed by atoms with Crippen LogP contribution in [-0.2, 0) is 9.59 Å². The molecule has 2 aliphatic heterocycles. The van der Waals surface area contributed by atoms with Gasteiger partial charge < -0.3 is 4.74 Å². The number of anilines is 1. The lowest BCUT2D eigenvalue weighted by atomic mass is 10.1. The zero-order valence-corrected chi connectivity index (χ0v) is 18.4. The van der Waals surface area contributed by atoms with Crippen molar-refractivity contribution in [1.29, 1.82) is 0 Å². The minimum atomic E-state index is -0.203. The Balaban J connectivity index is 1.65. The van der Waals surface area contributed by atoms with Gasteiger partial charge in [-0.3, -0.25) is 14.5 Å². The summed E-state index contributed by atoms with van der Waals surface area (Å²) >= 11 is 1.55. The SMILES string of the molecule is COc1ccc(C)cc1N=C1SCCCN1C(=O)C1=NN(c2ccccc2)C(=O)CC1. The fourth-order valence-electron chi connectivity index (χ4n) is 3.47. The Kier molecular flexibility index (Phi) is 6.36. The molecule has 0 radical (unpaired) electrons. The van der Waals surface area contributed by atoms with Crippen LogP contribution in [0.4, 0.5) is 11.4 Å². The van der Waals surface area contributed by atoms with Crippen LogP contribution in [0, 0.1) is 6.92 Å². The van der Waals surface area contributed by atoms with Crippen LogP contribution in [0.3, 0.4) is 0 Å². The minimum absolute atomic E-state index is 0.117. The van der Waals surface area contributed by atoms with Gasteiger partial charge >= 0.3 is 0 Å². The summed E-state index contributed by atoms with van der Waals surface area (Å²) in [5, 5.41) is 6.38. The highest BCUT2D eigenvalue weighted by Gasteiger charge is 2.32. The first-order chi connectivity index (χ1) is 15.1. The number of amidine groups is 1. The van der Waals surface area contributed by atoms with Crippen LogP contribution in [-0.4, -0.2) is 47.0 Å². The Hall–Kier alpha value is -3.13. The molecule has 0 spiro atoms. The second-order valence-corrected chi connectivity index (χ2v) is 8.38. The number of carbonyl (C=O) groups excluding carboxylic acids is 2. The molecule has 0 bridgehead atoms. The number of hydrazone groups is 1.